The van der Waals surface area contributed by atoms with Crippen molar-refractivity contribution < 1.29 is 12.6 Å². The van der Waals surface area contributed by atoms with Crippen LogP contribution in [0.3, 0.4) is 0 Å². The molecular formula is C18H26O3S. The Hall–Kier alpha value is -0.870. The van der Waals surface area contributed by atoms with Crippen LogP contribution in [0.25, 0.3) is 0 Å². The number of benzene rings is 1. The fourth-order valence-corrected chi connectivity index (χ4v) is 5.27. The highest BCUT2D eigenvalue weighted by molar-refractivity contribution is 7.86. The van der Waals surface area contributed by atoms with Gasteiger partial charge in [0.25, 0.3) is 10.1 Å². The zero-order valence-electron chi connectivity index (χ0n) is 13.2. The van der Waals surface area contributed by atoms with Crippen LogP contribution in [0.2, 0.25) is 0 Å². The molecular weight excluding hydrogens is 296 g/mol. The van der Waals surface area contributed by atoms with E-state index in [0.29, 0.717) is 10.8 Å². The molecule has 0 unspecified atom stereocenters. The van der Waals surface area contributed by atoms with Crippen LogP contribution in [-0.4, -0.2) is 14.5 Å². The molecule has 0 atom stereocenters. The number of hydrogen-bond acceptors (Lipinski definition) is 3. The molecule has 0 N–H and O–H groups in total. The van der Waals surface area contributed by atoms with Crippen LogP contribution >= 0.6 is 0 Å². The quantitative estimate of drug-likeness (QED) is 0.750. The number of rotatable bonds is 4. The van der Waals surface area contributed by atoms with Crippen molar-refractivity contribution in [2.75, 3.05) is 0 Å². The molecule has 2 aliphatic rings. The van der Waals surface area contributed by atoms with Crippen LogP contribution in [0.1, 0.15) is 75.7 Å². The maximum Gasteiger partial charge on any atom is 0.297 e. The second-order valence-electron chi connectivity index (χ2n) is 6.68. The molecule has 0 bridgehead atoms. The topological polar surface area (TPSA) is 43.4 Å². The molecule has 2 fully saturated rings. The highest BCUT2D eigenvalue weighted by Crippen LogP contribution is 2.37. The molecule has 3 rings (SSSR count). The predicted octanol–water partition coefficient (Wildman–Crippen LogP) is 4.77. The first-order chi connectivity index (χ1) is 10.7. The van der Waals surface area contributed by atoms with Crippen LogP contribution < -0.4 is 0 Å². The lowest BCUT2D eigenvalue weighted by Gasteiger charge is -2.26. The lowest BCUT2D eigenvalue weighted by atomic mass is 9.84. The average Bonchev–Trinajstić information content (AvgIpc) is 2.56. The van der Waals surface area contributed by atoms with E-state index in [0.717, 1.165) is 44.1 Å². The van der Waals surface area contributed by atoms with Gasteiger partial charge in [0.1, 0.15) is 0 Å². The minimum Gasteiger partial charge on any atom is -0.263 e. The van der Waals surface area contributed by atoms with Crippen molar-refractivity contribution in [2.45, 2.75) is 81.1 Å². The van der Waals surface area contributed by atoms with E-state index in [1.54, 1.807) is 6.07 Å². The van der Waals surface area contributed by atoms with Gasteiger partial charge in [-0.1, -0.05) is 56.7 Å². The molecule has 2 aliphatic carbocycles. The lowest BCUT2D eigenvalue weighted by Crippen LogP contribution is -2.22. The number of hydrogen-bond donors (Lipinski definition) is 0. The third-order valence-corrected chi connectivity index (χ3v) is 6.48. The van der Waals surface area contributed by atoms with Gasteiger partial charge in [0, 0.05) is 0 Å². The zero-order chi connectivity index (χ0) is 15.4. The maximum atomic E-state index is 12.7. The largest absolute Gasteiger partial charge is 0.297 e. The van der Waals surface area contributed by atoms with E-state index in [1.165, 1.54) is 25.7 Å². The smallest absolute Gasteiger partial charge is 0.263 e. The van der Waals surface area contributed by atoms with E-state index in [4.69, 9.17) is 4.18 Å². The molecule has 0 aromatic heterocycles. The van der Waals surface area contributed by atoms with Crippen molar-refractivity contribution in [3.63, 3.8) is 0 Å². The second-order valence-corrected chi connectivity index (χ2v) is 8.22. The molecule has 0 saturated heterocycles. The molecule has 1 aromatic rings. The van der Waals surface area contributed by atoms with Crippen LogP contribution in [0.5, 0.6) is 0 Å². The maximum absolute atomic E-state index is 12.7. The summed E-state index contributed by atoms with van der Waals surface area (Å²) in [5.41, 5.74) is 0.970. The Morgan fingerprint density at radius 2 is 1.41 bits per heavy atom. The minimum atomic E-state index is -3.64. The Morgan fingerprint density at radius 3 is 2.09 bits per heavy atom. The Bertz CT molecular complexity index is 582. The third kappa shape index (κ3) is 3.72. The van der Waals surface area contributed by atoms with Crippen LogP contribution in [0, 0.1) is 0 Å². The van der Waals surface area contributed by atoms with Crippen LogP contribution in [0.4, 0.5) is 0 Å². The summed E-state index contributed by atoms with van der Waals surface area (Å²) in [5, 5.41) is 0. The Labute approximate surface area is 134 Å². The molecule has 4 heteroatoms. The van der Waals surface area contributed by atoms with E-state index in [2.05, 4.69) is 0 Å². The molecule has 22 heavy (non-hydrogen) atoms. The molecule has 0 heterocycles. The molecule has 0 spiro atoms. The third-order valence-electron chi connectivity index (χ3n) is 5.05. The van der Waals surface area contributed by atoms with Crippen LogP contribution in [0.15, 0.2) is 29.2 Å². The van der Waals surface area contributed by atoms with Gasteiger partial charge in [0.05, 0.1) is 11.0 Å². The van der Waals surface area contributed by atoms with Crippen molar-refractivity contribution in [2.24, 2.45) is 0 Å². The van der Waals surface area contributed by atoms with Gasteiger partial charge in [-0.3, -0.25) is 4.18 Å². The fourth-order valence-electron chi connectivity index (χ4n) is 3.85. The normalized spacial score (nSPS) is 21.8. The molecule has 3 nitrogen and oxygen atoms in total. The summed E-state index contributed by atoms with van der Waals surface area (Å²) in [6.07, 6.45) is 10.8. The SMILES string of the molecule is O=S(=O)(OC1CCCCC1)c1ccccc1C1CCCCC1. The monoisotopic (exact) mass is 322 g/mol. The first-order valence-corrected chi connectivity index (χ1v) is 10.1. The van der Waals surface area contributed by atoms with Gasteiger partial charge >= 0.3 is 0 Å². The fraction of sp³-hybridized carbons (Fsp3) is 0.667. The van der Waals surface area contributed by atoms with Gasteiger partial charge < -0.3 is 0 Å². The van der Waals surface area contributed by atoms with Crippen molar-refractivity contribution >= 4 is 10.1 Å². The first kappa shape index (κ1) is 16.0. The van der Waals surface area contributed by atoms with Crippen molar-refractivity contribution in [3.05, 3.63) is 29.8 Å². The zero-order valence-corrected chi connectivity index (χ0v) is 14.0. The summed E-state index contributed by atoms with van der Waals surface area (Å²) in [4.78, 5) is 0.410. The van der Waals surface area contributed by atoms with Crippen molar-refractivity contribution in [3.8, 4) is 0 Å². The highest BCUT2D eigenvalue weighted by atomic mass is 32.2. The van der Waals surface area contributed by atoms with Crippen LogP contribution in [-0.2, 0) is 14.3 Å². The van der Waals surface area contributed by atoms with E-state index in [-0.39, 0.29) is 6.10 Å². The van der Waals surface area contributed by atoms with E-state index in [1.807, 2.05) is 18.2 Å². The standard InChI is InChI=1S/C18H26O3S/c19-22(20,21-16-11-5-2-6-12-16)18-14-8-7-13-17(18)15-9-3-1-4-10-15/h7-8,13-16H,1-6,9-12H2. The van der Waals surface area contributed by atoms with E-state index >= 15 is 0 Å². The summed E-state index contributed by atoms with van der Waals surface area (Å²) in [5.74, 6) is 0.370. The highest BCUT2D eigenvalue weighted by Gasteiger charge is 2.28. The summed E-state index contributed by atoms with van der Waals surface area (Å²) in [6.45, 7) is 0. The van der Waals surface area contributed by atoms with Gasteiger partial charge in [-0.25, -0.2) is 0 Å². The van der Waals surface area contributed by atoms with Gasteiger partial charge in [0.2, 0.25) is 0 Å². The van der Waals surface area contributed by atoms with E-state index in [9.17, 15) is 8.42 Å². The average molecular weight is 322 g/mol. The summed E-state index contributed by atoms with van der Waals surface area (Å²) >= 11 is 0. The summed E-state index contributed by atoms with van der Waals surface area (Å²) < 4.78 is 31.1. The Balaban J connectivity index is 1.83. The molecule has 0 aliphatic heterocycles. The van der Waals surface area contributed by atoms with Gasteiger partial charge in [-0.05, 0) is 43.2 Å². The second kappa shape index (κ2) is 7.14. The first-order valence-electron chi connectivity index (χ1n) is 8.69. The van der Waals surface area contributed by atoms with Crippen molar-refractivity contribution in [1.82, 2.24) is 0 Å². The van der Waals surface area contributed by atoms with Crippen molar-refractivity contribution in [1.29, 1.82) is 0 Å². The Kier molecular flexibility index (Phi) is 5.19. The summed E-state index contributed by atoms with van der Waals surface area (Å²) in [6, 6.07) is 7.46. The molecule has 2 saturated carbocycles. The summed E-state index contributed by atoms with van der Waals surface area (Å²) in [7, 11) is -3.64. The van der Waals surface area contributed by atoms with E-state index < -0.39 is 10.1 Å². The molecule has 122 valence electrons. The molecule has 1 aromatic carbocycles. The van der Waals surface area contributed by atoms with Gasteiger partial charge in [-0.15, -0.1) is 0 Å². The van der Waals surface area contributed by atoms with Gasteiger partial charge in [-0.2, -0.15) is 8.42 Å². The van der Waals surface area contributed by atoms with Gasteiger partial charge in [0.15, 0.2) is 0 Å². The predicted molar refractivity (Wildman–Crippen MR) is 87.4 cm³/mol. The lowest BCUT2D eigenvalue weighted by molar-refractivity contribution is 0.162. The minimum absolute atomic E-state index is 0.127. The molecule has 0 radical (unpaired) electrons. The molecule has 0 amide bonds. The Morgan fingerprint density at radius 1 is 0.818 bits per heavy atom.